The van der Waals surface area contributed by atoms with Gasteiger partial charge in [0.25, 0.3) is 0 Å². The molecule has 92 valence electrons. The predicted molar refractivity (Wildman–Crippen MR) is 66.8 cm³/mol. The number of rotatable bonds is 7. The molecule has 3 heteroatoms. The van der Waals surface area contributed by atoms with Crippen molar-refractivity contribution in [3.05, 3.63) is 11.3 Å². The molecule has 1 aromatic rings. The molecule has 0 fully saturated rings. The maximum Gasteiger partial charge on any atom is 0.212 e. The van der Waals surface area contributed by atoms with E-state index in [1.807, 2.05) is 0 Å². The number of nitrogens with zero attached hydrogens (tertiary/aromatic N) is 2. The zero-order valence-electron chi connectivity index (χ0n) is 10.8. The summed E-state index contributed by atoms with van der Waals surface area (Å²) in [5.41, 5.74) is 2.18. The van der Waals surface area contributed by atoms with Gasteiger partial charge in [0.05, 0.1) is 5.69 Å². The van der Waals surface area contributed by atoms with Gasteiger partial charge in [0, 0.05) is 12.1 Å². The van der Waals surface area contributed by atoms with Crippen LogP contribution in [0.2, 0.25) is 0 Å². The zero-order valence-corrected chi connectivity index (χ0v) is 10.8. The summed E-state index contributed by atoms with van der Waals surface area (Å²) in [6.07, 6.45) is 6.31. The molecule has 0 aromatic carbocycles. The van der Waals surface area contributed by atoms with E-state index in [1.54, 1.807) is 4.68 Å². The van der Waals surface area contributed by atoms with Crippen molar-refractivity contribution in [3.8, 4) is 5.88 Å². The van der Waals surface area contributed by atoms with E-state index in [-0.39, 0.29) is 0 Å². The van der Waals surface area contributed by atoms with E-state index in [0.29, 0.717) is 5.88 Å². The first kappa shape index (κ1) is 13.1. The predicted octanol–water partition coefficient (Wildman–Crippen LogP) is 3.29. The normalized spacial score (nSPS) is 10.9. The monoisotopic (exact) mass is 224 g/mol. The van der Waals surface area contributed by atoms with Gasteiger partial charge in [-0.2, -0.15) is 5.10 Å². The number of hydrogen-bond donors (Lipinski definition) is 1. The van der Waals surface area contributed by atoms with Crippen molar-refractivity contribution < 1.29 is 5.11 Å². The third-order valence-electron chi connectivity index (χ3n) is 2.81. The maximum atomic E-state index is 10.1. The second-order valence-electron chi connectivity index (χ2n) is 4.33. The lowest BCUT2D eigenvalue weighted by atomic mass is 10.1. The molecule has 0 aliphatic rings. The molecule has 1 rings (SSSR count). The Labute approximate surface area is 98.5 Å². The molecular weight excluding hydrogens is 200 g/mol. The van der Waals surface area contributed by atoms with Crippen LogP contribution >= 0.6 is 0 Å². The number of aryl methyl sites for hydroxylation is 2. The first-order valence-electron chi connectivity index (χ1n) is 6.52. The van der Waals surface area contributed by atoms with Gasteiger partial charge in [-0.05, 0) is 25.7 Å². The summed E-state index contributed by atoms with van der Waals surface area (Å²) in [6, 6.07) is 0. The van der Waals surface area contributed by atoms with Crippen LogP contribution < -0.4 is 0 Å². The quantitative estimate of drug-likeness (QED) is 0.771. The van der Waals surface area contributed by atoms with Gasteiger partial charge in [-0.3, -0.25) is 0 Å². The maximum absolute atomic E-state index is 10.1. The van der Waals surface area contributed by atoms with Crippen molar-refractivity contribution >= 4 is 0 Å². The minimum Gasteiger partial charge on any atom is -0.493 e. The van der Waals surface area contributed by atoms with Crippen LogP contribution in [0.15, 0.2) is 0 Å². The second kappa shape index (κ2) is 6.56. The molecule has 16 heavy (non-hydrogen) atoms. The van der Waals surface area contributed by atoms with Crippen molar-refractivity contribution in [2.45, 2.75) is 65.8 Å². The van der Waals surface area contributed by atoms with Crippen molar-refractivity contribution in [3.63, 3.8) is 0 Å². The fourth-order valence-electron chi connectivity index (χ4n) is 1.95. The van der Waals surface area contributed by atoms with Gasteiger partial charge in [-0.15, -0.1) is 0 Å². The fourth-order valence-corrected chi connectivity index (χ4v) is 1.95. The van der Waals surface area contributed by atoms with Gasteiger partial charge >= 0.3 is 0 Å². The lowest BCUT2D eigenvalue weighted by Gasteiger charge is -2.01. The summed E-state index contributed by atoms with van der Waals surface area (Å²) < 4.78 is 1.76. The molecule has 3 nitrogen and oxygen atoms in total. The van der Waals surface area contributed by atoms with Crippen LogP contribution in [0.1, 0.15) is 57.7 Å². The third kappa shape index (κ3) is 3.00. The van der Waals surface area contributed by atoms with E-state index in [2.05, 4.69) is 25.9 Å². The summed E-state index contributed by atoms with van der Waals surface area (Å²) in [4.78, 5) is 0. The first-order valence-corrected chi connectivity index (χ1v) is 6.52. The van der Waals surface area contributed by atoms with Crippen LogP contribution in [0.5, 0.6) is 5.88 Å². The average Bonchev–Trinajstić information content (AvgIpc) is 2.55. The Morgan fingerprint density at radius 1 is 1.06 bits per heavy atom. The smallest absolute Gasteiger partial charge is 0.212 e. The van der Waals surface area contributed by atoms with E-state index in [9.17, 15) is 5.11 Å². The summed E-state index contributed by atoms with van der Waals surface area (Å²) >= 11 is 0. The van der Waals surface area contributed by atoms with Crippen LogP contribution in [0.4, 0.5) is 0 Å². The van der Waals surface area contributed by atoms with Crippen molar-refractivity contribution in [1.29, 1.82) is 0 Å². The second-order valence-corrected chi connectivity index (χ2v) is 4.33. The van der Waals surface area contributed by atoms with Crippen molar-refractivity contribution in [2.24, 2.45) is 0 Å². The Balaban J connectivity index is 2.90. The van der Waals surface area contributed by atoms with E-state index in [0.717, 1.165) is 56.3 Å². The van der Waals surface area contributed by atoms with Crippen LogP contribution in [-0.4, -0.2) is 14.9 Å². The molecule has 1 N–H and O–H groups in total. The third-order valence-corrected chi connectivity index (χ3v) is 2.81. The minimum absolute atomic E-state index is 0.402. The summed E-state index contributed by atoms with van der Waals surface area (Å²) in [7, 11) is 0. The highest BCUT2D eigenvalue weighted by Crippen LogP contribution is 2.24. The zero-order chi connectivity index (χ0) is 12.0. The molecule has 0 aliphatic carbocycles. The number of aromatic nitrogens is 2. The average molecular weight is 224 g/mol. The van der Waals surface area contributed by atoms with E-state index in [1.165, 1.54) is 0 Å². The lowest BCUT2D eigenvalue weighted by Crippen LogP contribution is -1.98. The van der Waals surface area contributed by atoms with Gasteiger partial charge in [0.1, 0.15) is 0 Å². The van der Waals surface area contributed by atoms with Crippen molar-refractivity contribution in [2.75, 3.05) is 0 Å². The topological polar surface area (TPSA) is 38.0 Å². The van der Waals surface area contributed by atoms with Gasteiger partial charge in [0.2, 0.25) is 5.88 Å². The Morgan fingerprint density at radius 2 is 1.81 bits per heavy atom. The Kier molecular flexibility index (Phi) is 5.36. The largest absolute Gasteiger partial charge is 0.493 e. The first-order chi connectivity index (χ1) is 7.74. The molecule has 0 saturated heterocycles. The molecule has 0 atom stereocenters. The molecule has 0 aliphatic heterocycles. The molecule has 1 aromatic heterocycles. The molecule has 1 heterocycles. The molecule has 0 radical (unpaired) electrons. The van der Waals surface area contributed by atoms with Crippen LogP contribution in [0.25, 0.3) is 0 Å². The number of aromatic hydroxyl groups is 1. The highest BCUT2D eigenvalue weighted by atomic mass is 16.3. The van der Waals surface area contributed by atoms with Gasteiger partial charge < -0.3 is 5.11 Å². The molecule has 0 saturated carbocycles. The lowest BCUT2D eigenvalue weighted by molar-refractivity contribution is 0.392. The summed E-state index contributed by atoms with van der Waals surface area (Å²) in [6.45, 7) is 7.24. The molecular formula is C13H24N2O. The Bertz CT molecular complexity index is 318. The number of hydrogen-bond acceptors (Lipinski definition) is 2. The van der Waals surface area contributed by atoms with Crippen LogP contribution in [-0.2, 0) is 19.4 Å². The van der Waals surface area contributed by atoms with E-state index in [4.69, 9.17) is 0 Å². The van der Waals surface area contributed by atoms with E-state index < -0.39 is 0 Å². The highest BCUT2D eigenvalue weighted by molar-refractivity contribution is 5.31. The molecule has 0 amide bonds. The van der Waals surface area contributed by atoms with Crippen LogP contribution in [0, 0.1) is 0 Å². The van der Waals surface area contributed by atoms with Gasteiger partial charge in [-0.25, -0.2) is 4.68 Å². The SMILES string of the molecule is CCCCc1c(CCC)nn(CCC)c1O. The van der Waals surface area contributed by atoms with Crippen molar-refractivity contribution in [1.82, 2.24) is 9.78 Å². The van der Waals surface area contributed by atoms with E-state index >= 15 is 0 Å². The summed E-state index contributed by atoms with van der Waals surface area (Å²) in [5, 5.41) is 14.6. The van der Waals surface area contributed by atoms with Crippen LogP contribution in [0.3, 0.4) is 0 Å². The van der Waals surface area contributed by atoms with Gasteiger partial charge in [-0.1, -0.05) is 33.6 Å². The highest BCUT2D eigenvalue weighted by Gasteiger charge is 2.15. The molecule has 0 spiro atoms. The number of unbranched alkanes of at least 4 members (excludes halogenated alkanes) is 1. The fraction of sp³-hybridized carbons (Fsp3) is 0.769. The van der Waals surface area contributed by atoms with Gasteiger partial charge in [0.15, 0.2) is 0 Å². The Morgan fingerprint density at radius 3 is 2.38 bits per heavy atom. The molecule has 0 unspecified atom stereocenters. The Hall–Kier alpha value is -0.990. The summed E-state index contributed by atoms with van der Waals surface area (Å²) in [5.74, 6) is 0.402. The molecule has 0 bridgehead atoms. The standard InChI is InChI=1S/C13H24N2O/c1-4-7-9-11-12(8-5-2)14-15(10-6-3)13(11)16/h16H,4-10H2,1-3H3. The minimum atomic E-state index is 0.402.